The van der Waals surface area contributed by atoms with E-state index in [4.69, 9.17) is 15.4 Å². The van der Waals surface area contributed by atoms with Crippen molar-refractivity contribution in [3.8, 4) is 0 Å². The van der Waals surface area contributed by atoms with Gasteiger partial charge in [-0.1, -0.05) is 21.1 Å². The summed E-state index contributed by atoms with van der Waals surface area (Å²) in [6, 6.07) is 7.62. The van der Waals surface area contributed by atoms with Gasteiger partial charge in [0, 0.05) is 16.0 Å². The zero-order valence-corrected chi connectivity index (χ0v) is 12.5. The largest absolute Gasteiger partial charge is 0.396 e. The van der Waals surface area contributed by atoms with E-state index < -0.39 is 6.04 Å². The Labute approximate surface area is 123 Å². The van der Waals surface area contributed by atoms with E-state index >= 15 is 0 Å². The third-order valence-electron chi connectivity index (χ3n) is 2.42. The summed E-state index contributed by atoms with van der Waals surface area (Å²) in [6.45, 7) is 0.00647. The molecular formula is C12H14BrN3O2S. The van der Waals surface area contributed by atoms with Crippen LogP contribution in [0.2, 0.25) is 0 Å². The van der Waals surface area contributed by atoms with Gasteiger partial charge in [-0.2, -0.15) is 4.98 Å². The third-order valence-corrected chi connectivity index (χ3v) is 3.96. The van der Waals surface area contributed by atoms with Crippen molar-refractivity contribution in [3.05, 3.63) is 40.5 Å². The molecule has 2 aromatic rings. The van der Waals surface area contributed by atoms with Crippen LogP contribution in [0.1, 0.15) is 24.2 Å². The second-order valence-electron chi connectivity index (χ2n) is 3.91. The van der Waals surface area contributed by atoms with E-state index in [2.05, 4.69) is 26.1 Å². The smallest absolute Gasteiger partial charge is 0.243 e. The summed E-state index contributed by atoms with van der Waals surface area (Å²) in [6.07, 6.45) is 0.418. The lowest BCUT2D eigenvalue weighted by Gasteiger charge is -2.01. The van der Waals surface area contributed by atoms with Gasteiger partial charge in [0.25, 0.3) is 0 Å². The van der Waals surface area contributed by atoms with Gasteiger partial charge in [0.05, 0.1) is 11.8 Å². The molecule has 0 bridgehead atoms. The first-order valence-corrected chi connectivity index (χ1v) is 7.54. The topological polar surface area (TPSA) is 85.2 Å². The highest BCUT2D eigenvalue weighted by Gasteiger charge is 2.14. The number of hydrogen-bond donors (Lipinski definition) is 2. The van der Waals surface area contributed by atoms with Gasteiger partial charge in [0.15, 0.2) is 5.82 Å². The Morgan fingerprint density at radius 1 is 1.37 bits per heavy atom. The van der Waals surface area contributed by atoms with Crippen molar-refractivity contribution in [1.29, 1.82) is 0 Å². The molecule has 7 heteroatoms. The molecular weight excluding hydrogens is 330 g/mol. The van der Waals surface area contributed by atoms with Crippen LogP contribution >= 0.6 is 27.7 Å². The summed E-state index contributed by atoms with van der Waals surface area (Å²) in [7, 11) is 0. The highest BCUT2D eigenvalue weighted by atomic mass is 79.9. The number of nitrogens with zero attached hydrogens (tertiary/aromatic N) is 2. The van der Waals surface area contributed by atoms with Crippen molar-refractivity contribution >= 4 is 27.7 Å². The van der Waals surface area contributed by atoms with Crippen LogP contribution in [0.15, 0.2) is 38.2 Å². The van der Waals surface area contributed by atoms with Crippen molar-refractivity contribution in [2.24, 2.45) is 5.73 Å². The van der Waals surface area contributed by atoms with E-state index in [1.165, 1.54) is 0 Å². The van der Waals surface area contributed by atoms with Crippen LogP contribution in [0.3, 0.4) is 0 Å². The fourth-order valence-electron chi connectivity index (χ4n) is 1.42. The Hall–Kier alpha value is -0.890. The second-order valence-corrected chi connectivity index (χ2v) is 5.87. The quantitative estimate of drug-likeness (QED) is 0.784. The zero-order valence-electron chi connectivity index (χ0n) is 10.1. The monoisotopic (exact) mass is 343 g/mol. The van der Waals surface area contributed by atoms with E-state index in [1.807, 2.05) is 24.3 Å². The van der Waals surface area contributed by atoms with Crippen LogP contribution in [0.5, 0.6) is 0 Å². The molecule has 1 aromatic carbocycles. The molecule has 1 atom stereocenters. The summed E-state index contributed by atoms with van der Waals surface area (Å²) >= 11 is 5.02. The number of thioether (sulfide) groups is 1. The molecule has 1 aromatic heterocycles. The number of benzene rings is 1. The molecule has 0 saturated carbocycles. The van der Waals surface area contributed by atoms with Gasteiger partial charge in [-0.15, -0.1) is 11.8 Å². The van der Waals surface area contributed by atoms with Crippen LogP contribution in [-0.4, -0.2) is 21.9 Å². The predicted molar refractivity (Wildman–Crippen MR) is 76.6 cm³/mol. The molecule has 0 spiro atoms. The zero-order chi connectivity index (χ0) is 13.7. The number of halogens is 1. The molecule has 0 aliphatic rings. The molecule has 2 rings (SSSR count). The average Bonchev–Trinajstić information content (AvgIpc) is 2.87. The molecule has 102 valence electrons. The Bertz CT molecular complexity index is 518. The minimum Gasteiger partial charge on any atom is -0.396 e. The molecule has 0 saturated heterocycles. The molecule has 0 amide bonds. The molecule has 0 aliphatic carbocycles. The number of aliphatic hydroxyl groups is 1. The van der Waals surface area contributed by atoms with Gasteiger partial charge in [-0.05, 0) is 30.7 Å². The van der Waals surface area contributed by atoms with E-state index in [-0.39, 0.29) is 6.61 Å². The minimum absolute atomic E-state index is 0.00647. The number of nitrogens with two attached hydrogens (primary N) is 1. The maximum atomic E-state index is 8.80. The van der Waals surface area contributed by atoms with Crippen molar-refractivity contribution in [2.75, 3.05) is 6.61 Å². The van der Waals surface area contributed by atoms with Crippen LogP contribution in [0, 0.1) is 0 Å². The summed E-state index contributed by atoms with van der Waals surface area (Å²) in [5.41, 5.74) is 5.77. The maximum absolute atomic E-state index is 8.80. The molecule has 0 fully saturated rings. The predicted octanol–water partition coefficient (Wildman–Crippen LogP) is 2.51. The van der Waals surface area contributed by atoms with Crippen molar-refractivity contribution in [3.63, 3.8) is 0 Å². The molecule has 0 aliphatic heterocycles. The molecule has 19 heavy (non-hydrogen) atoms. The first-order chi connectivity index (χ1) is 9.19. The molecule has 0 radical (unpaired) electrons. The fourth-order valence-corrected chi connectivity index (χ4v) is 2.42. The Morgan fingerprint density at radius 3 is 2.79 bits per heavy atom. The normalized spacial score (nSPS) is 12.6. The molecule has 5 nitrogen and oxygen atoms in total. The van der Waals surface area contributed by atoms with Gasteiger partial charge in [-0.3, -0.25) is 0 Å². The van der Waals surface area contributed by atoms with Crippen molar-refractivity contribution in [2.45, 2.75) is 23.1 Å². The van der Waals surface area contributed by atoms with Gasteiger partial charge in [-0.25, -0.2) is 0 Å². The fraction of sp³-hybridized carbons (Fsp3) is 0.333. The highest BCUT2D eigenvalue weighted by molar-refractivity contribution is 9.10. The minimum atomic E-state index is -0.399. The van der Waals surface area contributed by atoms with Crippen molar-refractivity contribution in [1.82, 2.24) is 10.1 Å². The standard InChI is InChI=1S/C12H14BrN3O2S/c13-8-1-3-9(4-2-8)19-7-11-15-12(18-16-11)10(14)5-6-17/h1-4,10,17H,5-7,14H2. The molecule has 3 N–H and O–H groups in total. The van der Waals surface area contributed by atoms with E-state index in [9.17, 15) is 0 Å². The maximum Gasteiger partial charge on any atom is 0.243 e. The SMILES string of the molecule is NC(CCO)c1nc(CSc2ccc(Br)cc2)no1. The van der Waals surface area contributed by atoms with Gasteiger partial charge >= 0.3 is 0 Å². The number of aromatic nitrogens is 2. The van der Waals surface area contributed by atoms with Crippen LogP contribution in [0.25, 0.3) is 0 Å². The number of hydrogen-bond acceptors (Lipinski definition) is 6. The Kier molecular flexibility index (Phi) is 5.38. The Balaban J connectivity index is 1.91. The third kappa shape index (κ3) is 4.31. The lowest BCUT2D eigenvalue weighted by molar-refractivity contribution is 0.259. The van der Waals surface area contributed by atoms with Crippen molar-refractivity contribution < 1.29 is 9.63 Å². The number of rotatable bonds is 6. The average molecular weight is 344 g/mol. The number of aliphatic hydroxyl groups excluding tert-OH is 1. The Morgan fingerprint density at radius 2 is 2.11 bits per heavy atom. The van der Waals surface area contributed by atoms with Gasteiger partial charge in [0.1, 0.15) is 0 Å². The second kappa shape index (κ2) is 7.04. The lowest BCUT2D eigenvalue weighted by atomic mass is 10.2. The van der Waals surface area contributed by atoms with Crippen LogP contribution in [0.4, 0.5) is 0 Å². The first kappa shape index (κ1) is 14.5. The van der Waals surface area contributed by atoms with Crippen LogP contribution in [-0.2, 0) is 5.75 Å². The molecule has 1 heterocycles. The summed E-state index contributed by atoms with van der Waals surface area (Å²) in [4.78, 5) is 5.35. The summed E-state index contributed by atoms with van der Waals surface area (Å²) in [5, 5.41) is 12.7. The lowest BCUT2D eigenvalue weighted by Crippen LogP contribution is -2.12. The van der Waals surface area contributed by atoms with Gasteiger partial charge in [0.2, 0.25) is 5.89 Å². The van der Waals surface area contributed by atoms with E-state index in [0.717, 1.165) is 9.37 Å². The van der Waals surface area contributed by atoms with E-state index in [0.29, 0.717) is 23.9 Å². The molecule has 1 unspecified atom stereocenters. The summed E-state index contributed by atoms with van der Waals surface area (Å²) in [5.74, 6) is 1.61. The van der Waals surface area contributed by atoms with E-state index in [1.54, 1.807) is 11.8 Å². The highest BCUT2D eigenvalue weighted by Crippen LogP contribution is 2.23. The van der Waals surface area contributed by atoms with Crippen LogP contribution < -0.4 is 5.73 Å². The first-order valence-electron chi connectivity index (χ1n) is 5.76. The van der Waals surface area contributed by atoms with Gasteiger partial charge < -0.3 is 15.4 Å². The summed E-state index contributed by atoms with van der Waals surface area (Å²) < 4.78 is 6.12.